The van der Waals surface area contributed by atoms with Gasteiger partial charge in [-0.25, -0.2) is 8.96 Å². The number of hydrogen-bond acceptors (Lipinski definition) is 0. The van der Waals surface area contributed by atoms with E-state index in [0.717, 1.165) is 28.0 Å². The molecule has 0 N–H and O–H groups in total. The first-order valence-corrected chi connectivity index (χ1v) is 12.8. The first kappa shape index (κ1) is 24.0. The van der Waals surface area contributed by atoms with Crippen LogP contribution in [0.4, 0.5) is 4.39 Å². The Balaban J connectivity index is 1.95. The molecule has 2 nitrogen and oxygen atoms in total. The average molecular weight is 478 g/mol. The molecule has 4 aromatic carbocycles. The molecule has 3 heteroatoms. The third-order valence-corrected chi connectivity index (χ3v) is 7.24. The fraction of sp³-hybridized carbons (Fsp3) is 0.242. The highest BCUT2D eigenvalue weighted by Gasteiger charge is 2.31. The molecule has 0 saturated heterocycles. The highest BCUT2D eigenvalue weighted by molar-refractivity contribution is 5.85. The summed E-state index contributed by atoms with van der Waals surface area (Å²) >= 11 is 0. The standard InChI is InChI=1S/C33H34FN2/c1-21(2)27-12-9-13-28(22(3)4)32(27)36-31-20-25(24-14-17-26(34)18-15-24)16-19-30(31)35(6)33(36)29-11-8-7-10-23(29)5/h7-22H,1-6H3/q+1. The van der Waals surface area contributed by atoms with E-state index >= 15 is 0 Å². The Bertz CT molecular complexity index is 1530. The number of para-hydroxylation sites is 1. The van der Waals surface area contributed by atoms with Gasteiger partial charge in [0.25, 0.3) is 5.82 Å². The van der Waals surface area contributed by atoms with Crippen molar-refractivity contribution in [3.8, 4) is 28.2 Å². The topological polar surface area (TPSA) is 8.81 Å². The molecule has 0 spiro atoms. The summed E-state index contributed by atoms with van der Waals surface area (Å²) in [5.74, 6) is 1.68. The molecule has 5 aromatic rings. The lowest BCUT2D eigenvalue weighted by Gasteiger charge is -2.18. The second-order valence-electron chi connectivity index (χ2n) is 10.3. The van der Waals surface area contributed by atoms with Crippen molar-refractivity contribution in [1.29, 1.82) is 0 Å². The number of hydrogen-bond donors (Lipinski definition) is 0. The van der Waals surface area contributed by atoms with Gasteiger partial charge in [0.15, 0.2) is 11.0 Å². The van der Waals surface area contributed by atoms with E-state index in [-0.39, 0.29) is 5.82 Å². The zero-order chi connectivity index (χ0) is 25.6. The van der Waals surface area contributed by atoms with Crippen LogP contribution >= 0.6 is 0 Å². The van der Waals surface area contributed by atoms with E-state index in [1.807, 2.05) is 12.1 Å². The number of aromatic nitrogens is 2. The number of imidazole rings is 1. The lowest BCUT2D eigenvalue weighted by Crippen LogP contribution is -2.30. The van der Waals surface area contributed by atoms with Gasteiger partial charge >= 0.3 is 0 Å². The number of benzene rings is 4. The molecule has 0 unspecified atom stereocenters. The molecule has 0 bridgehead atoms. The van der Waals surface area contributed by atoms with Gasteiger partial charge in [0.2, 0.25) is 0 Å². The highest BCUT2D eigenvalue weighted by atomic mass is 19.1. The smallest absolute Gasteiger partial charge is 0.225 e. The molecule has 0 saturated carbocycles. The Labute approximate surface area is 213 Å². The lowest BCUT2D eigenvalue weighted by molar-refractivity contribution is -0.633. The minimum absolute atomic E-state index is 0.219. The van der Waals surface area contributed by atoms with Gasteiger partial charge in [0, 0.05) is 11.1 Å². The van der Waals surface area contributed by atoms with Crippen LogP contribution < -0.4 is 4.57 Å². The monoisotopic (exact) mass is 477 g/mol. The van der Waals surface area contributed by atoms with Crippen LogP contribution in [0.1, 0.15) is 56.2 Å². The second-order valence-corrected chi connectivity index (χ2v) is 10.3. The van der Waals surface area contributed by atoms with Crippen molar-refractivity contribution in [1.82, 2.24) is 4.57 Å². The normalized spacial score (nSPS) is 11.7. The summed E-state index contributed by atoms with van der Waals surface area (Å²) in [5, 5.41) is 0. The number of rotatable bonds is 5. The van der Waals surface area contributed by atoms with Crippen molar-refractivity contribution >= 4 is 11.0 Å². The Morgan fingerprint density at radius 1 is 0.722 bits per heavy atom. The molecule has 0 radical (unpaired) electrons. The molecule has 0 aliphatic carbocycles. The van der Waals surface area contributed by atoms with Gasteiger partial charge in [-0.2, -0.15) is 4.57 Å². The fourth-order valence-electron chi connectivity index (χ4n) is 5.31. The van der Waals surface area contributed by atoms with Crippen molar-refractivity contribution in [2.75, 3.05) is 0 Å². The van der Waals surface area contributed by atoms with Gasteiger partial charge < -0.3 is 0 Å². The molecule has 5 rings (SSSR count). The molecule has 1 aromatic heterocycles. The highest BCUT2D eigenvalue weighted by Crippen LogP contribution is 2.38. The van der Waals surface area contributed by atoms with Crippen molar-refractivity contribution in [2.24, 2.45) is 7.05 Å². The Kier molecular flexibility index (Phi) is 6.26. The summed E-state index contributed by atoms with van der Waals surface area (Å²) in [6, 6.07) is 28.7. The van der Waals surface area contributed by atoms with E-state index in [1.54, 1.807) is 0 Å². The van der Waals surface area contributed by atoms with Crippen molar-refractivity contribution in [3.63, 3.8) is 0 Å². The first-order valence-electron chi connectivity index (χ1n) is 12.8. The van der Waals surface area contributed by atoms with E-state index in [4.69, 9.17) is 0 Å². The molecular weight excluding hydrogens is 443 g/mol. The molecule has 0 fully saturated rings. The van der Waals surface area contributed by atoms with E-state index in [0.29, 0.717) is 11.8 Å². The number of fused-ring (bicyclic) bond motifs is 1. The molecule has 182 valence electrons. The molecular formula is C33H34FN2+. The minimum Gasteiger partial charge on any atom is -0.225 e. The van der Waals surface area contributed by atoms with Crippen LogP contribution in [0.25, 0.3) is 39.2 Å². The molecule has 0 amide bonds. The van der Waals surface area contributed by atoms with Gasteiger partial charge in [0.05, 0.1) is 12.6 Å². The maximum Gasteiger partial charge on any atom is 0.295 e. The Hall–Kier alpha value is -3.72. The van der Waals surface area contributed by atoms with Crippen LogP contribution in [-0.4, -0.2) is 4.57 Å². The molecule has 1 heterocycles. The Morgan fingerprint density at radius 3 is 1.94 bits per heavy atom. The number of nitrogens with zero attached hydrogens (tertiary/aromatic N) is 2. The fourth-order valence-corrected chi connectivity index (χ4v) is 5.31. The van der Waals surface area contributed by atoms with Crippen LogP contribution in [0.15, 0.2) is 84.9 Å². The predicted molar refractivity (Wildman–Crippen MR) is 148 cm³/mol. The average Bonchev–Trinajstić information content (AvgIpc) is 3.15. The van der Waals surface area contributed by atoms with Crippen LogP contribution in [-0.2, 0) is 7.05 Å². The van der Waals surface area contributed by atoms with E-state index < -0.39 is 0 Å². The summed E-state index contributed by atoms with van der Waals surface area (Å²) < 4.78 is 18.4. The zero-order valence-electron chi connectivity index (χ0n) is 22.0. The zero-order valence-corrected chi connectivity index (χ0v) is 22.0. The van der Waals surface area contributed by atoms with E-state index in [2.05, 4.69) is 111 Å². The van der Waals surface area contributed by atoms with Gasteiger partial charge in [0.1, 0.15) is 11.5 Å². The van der Waals surface area contributed by atoms with Crippen LogP contribution in [0.3, 0.4) is 0 Å². The summed E-state index contributed by atoms with van der Waals surface area (Å²) in [6.45, 7) is 11.3. The van der Waals surface area contributed by atoms with E-state index in [9.17, 15) is 4.39 Å². The van der Waals surface area contributed by atoms with Gasteiger partial charge in [-0.15, -0.1) is 0 Å². The predicted octanol–water partition coefficient (Wildman–Crippen LogP) is 8.48. The van der Waals surface area contributed by atoms with Gasteiger partial charge in [-0.05, 0) is 71.8 Å². The summed E-state index contributed by atoms with van der Waals surface area (Å²) in [4.78, 5) is 0. The molecule has 0 atom stereocenters. The maximum atomic E-state index is 13.7. The largest absolute Gasteiger partial charge is 0.295 e. The minimum atomic E-state index is -0.219. The van der Waals surface area contributed by atoms with Crippen molar-refractivity contribution in [2.45, 2.75) is 46.5 Å². The third-order valence-electron chi connectivity index (χ3n) is 7.24. The van der Waals surface area contributed by atoms with Crippen LogP contribution in [0, 0.1) is 12.7 Å². The lowest BCUT2D eigenvalue weighted by atomic mass is 9.92. The quantitative estimate of drug-likeness (QED) is 0.224. The molecule has 0 aliphatic rings. The Morgan fingerprint density at radius 2 is 1.33 bits per heavy atom. The third kappa shape index (κ3) is 4.03. The van der Waals surface area contributed by atoms with Gasteiger partial charge in [-0.3, -0.25) is 0 Å². The maximum absolute atomic E-state index is 13.7. The van der Waals surface area contributed by atoms with Crippen molar-refractivity contribution < 1.29 is 8.96 Å². The SMILES string of the molecule is Cc1ccccc1-c1n(-c2c(C(C)C)cccc2C(C)C)c2cc(-c3ccc(F)cc3)ccc2[n+]1C. The molecule has 0 aliphatic heterocycles. The molecule has 36 heavy (non-hydrogen) atoms. The summed E-state index contributed by atoms with van der Waals surface area (Å²) in [6.07, 6.45) is 0. The van der Waals surface area contributed by atoms with E-state index in [1.165, 1.54) is 40.1 Å². The second kappa shape index (κ2) is 9.39. The summed E-state index contributed by atoms with van der Waals surface area (Å²) in [7, 11) is 2.16. The van der Waals surface area contributed by atoms with Crippen LogP contribution in [0.2, 0.25) is 0 Å². The summed E-state index contributed by atoms with van der Waals surface area (Å²) in [5.41, 5.74) is 10.8. The number of aryl methyl sites for hydroxylation is 2. The van der Waals surface area contributed by atoms with Crippen molar-refractivity contribution in [3.05, 3.63) is 107 Å². The number of halogens is 1. The van der Waals surface area contributed by atoms with Gasteiger partial charge in [-0.1, -0.05) is 76.2 Å². The first-order chi connectivity index (χ1) is 17.3. The van der Waals surface area contributed by atoms with Crippen LogP contribution in [0.5, 0.6) is 0 Å².